The van der Waals surface area contributed by atoms with Gasteiger partial charge < -0.3 is 9.80 Å². The van der Waals surface area contributed by atoms with Gasteiger partial charge in [-0.15, -0.1) is 0 Å². The van der Waals surface area contributed by atoms with Crippen LogP contribution >= 0.6 is 0 Å². The third-order valence-corrected chi connectivity index (χ3v) is 23.3. The van der Waals surface area contributed by atoms with Crippen molar-refractivity contribution in [2.24, 2.45) is 5.41 Å². The minimum absolute atomic E-state index is 0.00928. The fourth-order valence-electron chi connectivity index (χ4n) is 18.4. The molecule has 2 heterocycles. The minimum atomic E-state index is -0.229. The Morgan fingerprint density at radius 1 is 0.452 bits per heavy atom. The first-order valence-electron chi connectivity index (χ1n) is 31.8. The second-order valence-corrected chi connectivity index (χ2v) is 31.5. The zero-order valence-electron chi connectivity index (χ0n) is 54.0. The van der Waals surface area contributed by atoms with Gasteiger partial charge in [0.25, 0.3) is 6.71 Å². The zero-order chi connectivity index (χ0) is 59.5. The molecule has 84 heavy (non-hydrogen) atoms. The lowest BCUT2D eigenvalue weighted by atomic mass is 9.33. The predicted molar refractivity (Wildman–Crippen MR) is 362 cm³/mol. The highest BCUT2D eigenvalue weighted by Gasteiger charge is 2.53. The topological polar surface area (TPSA) is 6.48 Å². The summed E-state index contributed by atoms with van der Waals surface area (Å²) in [6, 6.07) is 56.4. The lowest BCUT2D eigenvalue weighted by Crippen LogP contribution is -2.61. The number of benzene rings is 8. The van der Waals surface area contributed by atoms with Gasteiger partial charge in [0.15, 0.2) is 0 Å². The van der Waals surface area contributed by atoms with E-state index in [2.05, 4.69) is 274 Å². The summed E-state index contributed by atoms with van der Waals surface area (Å²) < 4.78 is 0. The summed E-state index contributed by atoms with van der Waals surface area (Å²) in [6.45, 7) is 49.2. The second kappa shape index (κ2) is 17.6. The van der Waals surface area contributed by atoms with Crippen LogP contribution < -0.4 is 26.2 Å². The van der Waals surface area contributed by atoms with Crippen molar-refractivity contribution in [1.82, 2.24) is 0 Å². The molecule has 1 saturated carbocycles. The molecule has 8 aromatic rings. The largest absolute Gasteiger partial charge is 0.311 e. The Labute approximate surface area is 504 Å². The summed E-state index contributed by atoms with van der Waals surface area (Å²) in [4.78, 5) is 5.43. The lowest BCUT2D eigenvalue weighted by Gasteiger charge is -2.53. The molecule has 0 N–H and O–H groups in total. The maximum atomic E-state index is 5.31. The van der Waals surface area contributed by atoms with Gasteiger partial charge in [-0.2, -0.15) is 0 Å². The van der Waals surface area contributed by atoms with Crippen LogP contribution in [0.5, 0.6) is 0 Å². The van der Waals surface area contributed by atoms with Gasteiger partial charge in [-0.25, -0.2) is 0 Å². The van der Waals surface area contributed by atoms with Crippen LogP contribution in [0.4, 0.5) is 34.1 Å². The number of aryl methyl sites for hydroxylation is 3. The van der Waals surface area contributed by atoms with Crippen molar-refractivity contribution in [1.29, 1.82) is 0 Å². The first-order chi connectivity index (χ1) is 39.4. The highest BCUT2D eigenvalue weighted by atomic mass is 15.2. The molecular formula is C81H89BN2. The number of rotatable bonds is 5. The molecule has 14 rings (SSSR count). The van der Waals surface area contributed by atoms with Crippen LogP contribution in [0.25, 0.3) is 16.7 Å². The Balaban J connectivity index is 1.05. The van der Waals surface area contributed by atoms with Crippen LogP contribution in [-0.2, 0) is 37.9 Å². The molecule has 0 amide bonds. The molecule has 0 bridgehead atoms. The van der Waals surface area contributed by atoms with Gasteiger partial charge in [0.05, 0.1) is 0 Å². The van der Waals surface area contributed by atoms with Crippen molar-refractivity contribution in [2.45, 2.75) is 195 Å². The second-order valence-electron chi connectivity index (χ2n) is 31.5. The first kappa shape index (κ1) is 55.1. The van der Waals surface area contributed by atoms with E-state index >= 15 is 0 Å². The van der Waals surface area contributed by atoms with Crippen molar-refractivity contribution in [2.75, 3.05) is 9.80 Å². The van der Waals surface area contributed by atoms with Gasteiger partial charge in [0.1, 0.15) is 0 Å². The van der Waals surface area contributed by atoms with Crippen LogP contribution in [0.3, 0.4) is 0 Å². The van der Waals surface area contributed by atoms with E-state index in [1.54, 1.807) is 0 Å². The third kappa shape index (κ3) is 7.41. The molecule has 0 spiro atoms. The molecule has 2 unspecified atom stereocenters. The number of nitrogens with zero attached hydrogens (tertiary/aromatic N) is 2. The van der Waals surface area contributed by atoms with Gasteiger partial charge in [-0.1, -0.05) is 220 Å². The van der Waals surface area contributed by atoms with Gasteiger partial charge >= 0.3 is 0 Å². The smallest absolute Gasteiger partial charge is 0.252 e. The fraction of sp³-hybridized carbons (Fsp3) is 0.383. The van der Waals surface area contributed by atoms with Crippen LogP contribution in [0.1, 0.15) is 214 Å². The summed E-state index contributed by atoms with van der Waals surface area (Å²) in [5, 5.41) is 0. The number of allylic oxidation sites excluding steroid dienone is 1. The molecule has 4 aliphatic carbocycles. The highest BCUT2D eigenvalue weighted by Crippen LogP contribution is 2.61. The fourth-order valence-corrected chi connectivity index (χ4v) is 18.4. The SMILES string of the molecule is C=C(c1ccc2c(c1)N(c1cc3c(cc1C)C(C)(C)c1ccccc1C3(C)C)c1cc(C)cc3c1B2c1cc2c(cc1N3c1ccc3c(c1)-c1ccccc1C3(C)C)C(C)(C)CC2(C)C)C1(C)CCCCC1(C)c1cc(C(C)(C)C)ccc1C. The van der Waals surface area contributed by atoms with Crippen LogP contribution in [0.15, 0.2) is 146 Å². The average Bonchev–Trinajstić information content (AvgIpc) is 0.847. The van der Waals surface area contributed by atoms with Crippen LogP contribution in [0.2, 0.25) is 0 Å². The van der Waals surface area contributed by atoms with Gasteiger partial charge in [0.2, 0.25) is 0 Å². The molecule has 8 aromatic carbocycles. The Kier molecular flexibility index (Phi) is 11.6. The quantitative estimate of drug-likeness (QED) is 0.159. The number of hydrogen-bond donors (Lipinski definition) is 0. The van der Waals surface area contributed by atoms with Crippen molar-refractivity contribution in [3.05, 3.63) is 224 Å². The maximum Gasteiger partial charge on any atom is 0.252 e. The molecule has 3 heteroatoms. The predicted octanol–water partition coefficient (Wildman–Crippen LogP) is 19.8. The van der Waals surface area contributed by atoms with E-state index in [1.807, 2.05) is 0 Å². The Bertz CT molecular complexity index is 4190. The summed E-state index contributed by atoms with van der Waals surface area (Å²) in [5.74, 6) is 0. The van der Waals surface area contributed by atoms with E-state index in [4.69, 9.17) is 6.58 Å². The van der Waals surface area contributed by atoms with Gasteiger partial charge in [0, 0.05) is 61.2 Å². The van der Waals surface area contributed by atoms with Crippen molar-refractivity contribution in [3.63, 3.8) is 0 Å². The maximum absolute atomic E-state index is 5.31. The molecule has 0 saturated heterocycles. The molecule has 6 aliphatic rings. The van der Waals surface area contributed by atoms with E-state index in [0.29, 0.717) is 0 Å². The number of hydrogen-bond acceptors (Lipinski definition) is 2. The molecule has 0 aromatic heterocycles. The highest BCUT2D eigenvalue weighted by molar-refractivity contribution is 7.00. The average molecular weight is 1100 g/mol. The third-order valence-electron chi connectivity index (χ3n) is 23.3. The minimum Gasteiger partial charge on any atom is -0.311 e. The van der Waals surface area contributed by atoms with Crippen LogP contribution in [0, 0.1) is 26.2 Å². The Morgan fingerprint density at radius 3 is 1.70 bits per heavy atom. The van der Waals surface area contributed by atoms with E-state index in [1.165, 1.54) is 158 Å². The van der Waals surface area contributed by atoms with Gasteiger partial charge in [-0.05, 0) is 210 Å². The van der Waals surface area contributed by atoms with Crippen molar-refractivity contribution in [3.8, 4) is 11.1 Å². The summed E-state index contributed by atoms with van der Waals surface area (Å²) in [6.07, 6.45) is 5.75. The summed E-state index contributed by atoms with van der Waals surface area (Å²) in [7, 11) is 0. The van der Waals surface area contributed by atoms with E-state index in [9.17, 15) is 0 Å². The number of fused-ring (bicyclic) bond motifs is 10. The normalized spacial score (nSPS) is 22.0. The Morgan fingerprint density at radius 2 is 1.02 bits per heavy atom. The molecule has 2 nitrogen and oxygen atoms in total. The zero-order valence-corrected chi connectivity index (χ0v) is 54.0. The van der Waals surface area contributed by atoms with Gasteiger partial charge in [-0.3, -0.25) is 0 Å². The molecule has 0 radical (unpaired) electrons. The molecule has 426 valence electrons. The van der Waals surface area contributed by atoms with Crippen molar-refractivity contribution < 1.29 is 0 Å². The number of anilines is 6. The molecule has 2 aliphatic heterocycles. The lowest BCUT2D eigenvalue weighted by molar-refractivity contribution is 0.151. The summed E-state index contributed by atoms with van der Waals surface area (Å²) >= 11 is 0. The molecular weight excluding hydrogens is 1010 g/mol. The van der Waals surface area contributed by atoms with Crippen molar-refractivity contribution >= 4 is 62.8 Å². The van der Waals surface area contributed by atoms with E-state index in [-0.39, 0.29) is 50.0 Å². The molecule has 2 atom stereocenters. The van der Waals surface area contributed by atoms with E-state index in [0.717, 1.165) is 19.3 Å². The summed E-state index contributed by atoms with van der Waals surface area (Å²) in [5.41, 5.74) is 34.5. The monoisotopic (exact) mass is 1100 g/mol. The Hall–Kier alpha value is -6.84. The van der Waals surface area contributed by atoms with Crippen LogP contribution in [-0.4, -0.2) is 6.71 Å². The first-order valence-corrected chi connectivity index (χ1v) is 31.8. The standard InChI is InChI=1S/C81H89BN2/c1-48-38-71-73-72(39-48)84(68-46-65-64(40-50(68)3)78(14,15)59-28-22-23-29-60(59)79(65,16)17)69-41-52(51(4)80(18)36-24-25-37-81(80,19)61-42-53(74(5,6)7)32-30-49(61)2)31-35-66(69)82(73)67-44-62-63(76(10,11)47-75(62,8)9)45-70(67)83(71)54-33-34-58-56(43-54)55-26-20-21-27-57(55)77(58,12)13/h20-23,26-35,38-46H,4,24-25,36-37,47H2,1-3,5-19H3. The van der Waals surface area contributed by atoms with E-state index < -0.39 is 0 Å². The molecule has 1 fully saturated rings.